The number of ether oxygens (including phenoxy) is 1. The van der Waals surface area contributed by atoms with Gasteiger partial charge in [0.15, 0.2) is 0 Å². The van der Waals surface area contributed by atoms with E-state index in [1.165, 1.54) is 36.4 Å². The van der Waals surface area contributed by atoms with Crippen LogP contribution in [-0.4, -0.2) is 36.4 Å². The second-order valence-electron chi connectivity index (χ2n) is 7.07. The van der Waals surface area contributed by atoms with E-state index in [0.29, 0.717) is 23.9 Å². The van der Waals surface area contributed by atoms with E-state index in [4.69, 9.17) is 4.74 Å². The molecule has 7 heteroatoms. The van der Waals surface area contributed by atoms with Gasteiger partial charge in [0.2, 0.25) is 5.91 Å². The Morgan fingerprint density at radius 3 is 2.46 bits per heavy atom. The predicted molar refractivity (Wildman–Crippen MR) is 110 cm³/mol. The minimum absolute atomic E-state index is 0.0990. The molecule has 0 saturated heterocycles. The molecule has 150 valence electrons. The largest absolute Gasteiger partial charge is 0.495 e. The number of non-ortho nitro benzene ring substituents is 1. The van der Waals surface area contributed by atoms with Crippen molar-refractivity contribution in [2.75, 3.05) is 26.0 Å². The molecule has 0 spiro atoms. The summed E-state index contributed by atoms with van der Waals surface area (Å²) in [5.41, 5.74) is 2.69. The zero-order chi connectivity index (χ0) is 20.7. The van der Waals surface area contributed by atoms with E-state index in [1.807, 2.05) is 7.05 Å². The van der Waals surface area contributed by atoms with Crippen LogP contribution in [0.1, 0.15) is 37.3 Å². The van der Waals surface area contributed by atoms with Crippen molar-refractivity contribution in [3.05, 3.63) is 63.7 Å². The molecule has 0 radical (unpaired) electrons. The molecule has 28 heavy (non-hydrogen) atoms. The number of amides is 1. The fourth-order valence-electron chi connectivity index (χ4n) is 2.81. The summed E-state index contributed by atoms with van der Waals surface area (Å²) < 4.78 is 5.16. The standard InChI is InChI=1S/C21H27N3O4/c1-15(2)17-7-5-16(6-8-17)14-23(3)12-11-21(25)22-19-13-18(24(26)27)9-10-20(19)28-4/h5-10,13,15H,11-12,14H2,1-4H3,(H,22,25). The number of benzene rings is 2. The van der Waals surface area contributed by atoms with Crippen LogP contribution in [0.2, 0.25) is 0 Å². The van der Waals surface area contributed by atoms with E-state index in [1.54, 1.807) is 0 Å². The Bertz CT molecular complexity index is 819. The van der Waals surface area contributed by atoms with Crippen LogP contribution in [0.3, 0.4) is 0 Å². The van der Waals surface area contributed by atoms with Gasteiger partial charge >= 0.3 is 0 Å². The number of nitro groups is 1. The normalized spacial score (nSPS) is 10.9. The highest BCUT2D eigenvalue weighted by Crippen LogP contribution is 2.28. The summed E-state index contributed by atoms with van der Waals surface area (Å²) in [5.74, 6) is 0.666. The maximum absolute atomic E-state index is 12.3. The van der Waals surface area contributed by atoms with E-state index in [2.05, 4.69) is 48.3 Å². The van der Waals surface area contributed by atoms with Crippen LogP contribution < -0.4 is 10.1 Å². The first kappa shape index (κ1) is 21.4. The summed E-state index contributed by atoms with van der Waals surface area (Å²) in [6.45, 7) is 5.63. The van der Waals surface area contributed by atoms with Gasteiger partial charge in [-0.1, -0.05) is 38.1 Å². The molecule has 0 fully saturated rings. The molecule has 0 aliphatic carbocycles. The molecule has 1 N–H and O–H groups in total. The second-order valence-corrected chi connectivity index (χ2v) is 7.07. The summed E-state index contributed by atoms with van der Waals surface area (Å²) >= 11 is 0. The monoisotopic (exact) mass is 385 g/mol. The van der Waals surface area contributed by atoms with Crippen LogP contribution in [0, 0.1) is 10.1 Å². The van der Waals surface area contributed by atoms with E-state index in [9.17, 15) is 14.9 Å². The van der Waals surface area contributed by atoms with E-state index < -0.39 is 4.92 Å². The fraction of sp³-hybridized carbons (Fsp3) is 0.381. The van der Waals surface area contributed by atoms with Crippen molar-refractivity contribution in [3.8, 4) is 5.75 Å². The second kappa shape index (κ2) is 9.85. The van der Waals surface area contributed by atoms with Crippen LogP contribution in [0.4, 0.5) is 11.4 Å². The summed E-state index contributed by atoms with van der Waals surface area (Å²) in [5, 5.41) is 13.6. The quantitative estimate of drug-likeness (QED) is 0.517. The highest BCUT2D eigenvalue weighted by atomic mass is 16.6. The van der Waals surface area contributed by atoms with Gasteiger partial charge in [0.1, 0.15) is 5.75 Å². The van der Waals surface area contributed by atoms with Crippen molar-refractivity contribution in [2.45, 2.75) is 32.7 Å². The third kappa shape index (κ3) is 6.06. The van der Waals surface area contributed by atoms with Crippen LogP contribution in [-0.2, 0) is 11.3 Å². The fourth-order valence-corrected chi connectivity index (χ4v) is 2.81. The Hall–Kier alpha value is -2.93. The first-order valence-corrected chi connectivity index (χ1v) is 9.19. The Morgan fingerprint density at radius 2 is 1.89 bits per heavy atom. The summed E-state index contributed by atoms with van der Waals surface area (Å²) in [4.78, 5) is 24.8. The molecular weight excluding hydrogens is 358 g/mol. The first-order chi connectivity index (χ1) is 13.3. The van der Waals surface area contributed by atoms with Crippen LogP contribution in [0.25, 0.3) is 0 Å². The van der Waals surface area contributed by atoms with Gasteiger partial charge in [0, 0.05) is 31.6 Å². The van der Waals surface area contributed by atoms with Crippen molar-refractivity contribution in [1.29, 1.82) is 0 Å². The number of nitro benzene ring substituents is 1. The predicted octanol–water partition coefficient (Wildman–Crippen LogP) is 4.19. The molecule has 0 aromatic heterocycles. The molecule has 0 atom stereocenters. The SMILES string of the molecule is COc1ccc([N+](=O)[O-])cc1NC(=O)CCN(C)Cc1ccc(C(C)C)cc1. The molecule has 0 bridgehead atoms. The minimum atomic E-state index is -0.507. The van der Waals surface area contributed by atoms with Gasteiger partial charge in [-0.15, -0.1) is 0 Å². The van der Waals surface area contributed by atoms with Crippen molar-refractivity contribution in [2.24, 2.45) is 0 Å². The summed E-state index contributed by atoms with van der Waals surface area (Å²) in [6.07, 6.45) is 0.270. The molecule has 2 rings (SSSR count). The highest BCUT2D eigenvalue weighted by molar-refractivity contribution is 5.92. The lowest BCUT2D eigenvalue weighted by Gasteiger charge is -2.17. The van der Waals surface area contributed by atoms with Gasteiger partial charge in [-0.3, -0.25) is 14.9 Å². The molecule has 0 aliphatic heterocycles. The molecular formula is C21H27N3O4. The zero-order valence-electron chi connectivity index (χ0n) is 16.8. The van der Waals surface area contributed by atoms with Gasteiger partial charge in [0.05, 0.1) is 17.7 Å². The van der Waals surface area contributed by atoms with Crippen LogP contribution in [0.15, 0.2) is 42.5 Å². The average Bonchev–Trinajstić information content (AvgIpc) is 2.66. The number of carbonyl (C=O) groups is 1. The summed E-state index contributed by atoms with van der Waals surface area (Å²) in [6, 6.07) is 12.6. The number of rotatable bonds is 9. The van der Waals surface area contributed by atoms with E-state index in [-0.39, 0.29) is 18.0 Å². The smallest absolute Gasteiger partial charge is 0.271 e. The van der Waals surface area contributed by atoms with Gasteiger partial charge < -0.3 is 15.0 Å². The Morgan fingerprint density at radius 1 is 1.21 bits per heavy atom. The minimum Gasteiger partial charge on any atom is -0.495 e. The molecule has 1 amide bonds. The van der Waals surface area contributed by atoms with Crippen LogP contribution in [0.5, 0.6) is 5.75 Å². The number of methoxy groups -OCH3 is 1. The van der Waals surface area contributed by atoms with Gasteiger partial charge in [-0.25, -0.2) is 0 Å². The third-order valence-corrected chi connectivity index (χ3v) is 4.49. The number of carbonyl (C=O) groups excluding carboxylic acids is 1. The number of nitrogens with zero attached hydrogens (tertiary/aromatic N) is 2. The number of hydrogen-bond acceptors (Lipinski definition) is 5. The molecule has 0 saturated carbocycles. The lowest BCUT2D eigenvalue weighted by Crippen LogP contribution is -2.24. The topological polar surface area (TPSA) is 84.7 Å². The molecule has 7 nitrogen and oxygen atoms in total. The number of nitrogens with one attached hydrogen (secondary N) is 1. The first-order valence-electron chi connectivity index (χ1n) is 9.19. The van der Waals surface area contributed by atoms with Crippen molar-refractivity contribution in [3.63, 3.8) is 0 Å². The lowest BCUT2D eigenvalue weighted by atomic mass is 10.0. The van der Waals surface area contributed by atoms with Crippen LogP contribution >= 0.6 is 0 Å². The molecule has 2 aromatic carbocycles. The number of hydrogen-bond donors (Lipinski definition) is 1. The zero-order valence-corrected chi connectivity index (χ0v) is 16.8. The van der Waals surface area contributed by atoms with Gasteiger partial charge in [0.25, 0.3) is 5.69 Å². The Kier molecular flexibility index (Phi) is 7.52. The van der Waals surface area contributed by atoms with E-state index >= 15 is 0 Å². The lowest BCUT2D eigenvalue weighted by molar-refractivity contribution is -0.384. The highest BCUT2D eigenvalue weighted by Gasteiger charge is 2.14. The summed E-state index contributed by atoms with van der Waals surface area (Å²) in [7, 11) is 3.41. The van der Waals surface area contributed by atoms with Gasteiger partial charge in [-0.2, -0.15) is 0 Å². The maximum atomic E-state index is 12.3. The molecule has 2 aromatic rings. The maximum Gasteiger partial charge on any atom is 0.271 e. The van der Waals surface area contributed by atoms with E-state index in [0.717, 1.165) is 6.54 Å². The van der Waals surface area contributed by atoms with Crippen molar-refractivity contribution in [1.82, 2.24) is 4.90 Å². The van der Waals surface area contributed by atoms with Crippen molar-refractivity contribution < 1.29 is 14.5 Å². The third-order valence-electron chi connectivity index (χ3n) is 4.49. The average molecular weight is 385 g/mol. The number of anilines is 1. The van der Waals surface area contributed by atoms with Gasteiger partial charge in [-0.05, 0) is 30.2 Å². The molecule has 0 heterocycles. The molecule has 0 aliphatic rings. The Balaban J connectivity index is 1.89. The van der Waals surface area contributed by atoms with Crippen molar-refractivity contribution >= 4 is 17.3 Å². The Labute approximate surface area is 165 Å². The molecule has 0 unspecified atom stereocenters.